The molecule has 132 valence electrons. The van der Waals surface area contributed by atoms with Crippen LogP contribution in [0, 0.1) is 0 Å². The summed E-state index contributed by atoms with van der Waals surface area (Å²) in [5.41, 5.74) is 5.82. The second kappa shape index (κ2) is 7.18. The van der Waals surface area contributed by atoms with E-state index < -0.39 is 5.97 Å². The van der Waals surface area contributed by atoms with E-state index in [4.69, 9.17) is 9.84 Å². The summed E-state index contributed by atoms with van der Waals surface area (Å²) in [4.78, 5) is 13.3. The zero-order valence-corrected chi connectivity index (χ0v) is 15.1. The molecular weight excluding hydrogens is 314 g/mol. The van der Waals surface area contributed by atoms with Crippen molar-refractivity contribution >= 4 is 11.7 Å². The van der Waals surface area contributed by atoms with Crippen molar-refractivity contribution in [3.63, 3.8) is 0 Å². The quantitative estimate of drug-likeness (QED) is 0.881. The minimum atomic E-state index is -0.776. The number of ether oxygens (including phenoxy) is 1. The van der Waals surface area contributed by atoms with Gasteiger partial charge in [0.2, 0.25) is 0 Å². The van der Waals surface area contributed by atoms with Crippen LogP contribution in [-0.2, 0) is 11.2 Å². The highest BCUT2D eigenvalue weighted by atomic mass is 16.5. The van der Waals surface area contributed by atoms with Gasteiger partial charge in [-0.25, -0.2) is 0 Å². The van der Waals surface area contributed by atoms with Gasteiger partial charge in [0.25, 0.3) is 0 Å². The number of carbonyl (C=O) groups is 1. The Kier molecular flexibility index (Phi) is 4.98. The number of nitrogens with zero attached hydrogens (tertiary/aromatic N) is 1. The van der Waals surface area contributed by atoms with E-state index in [0.29, 0.717) is 0 Å². The molecule has 25 heavy (non-hydrogen) atoms. The first-order chi connectivity index (χ1) is 12.0. The molecule has 2 aromatic carbocycles. The van der Waals surface area contributed by atoms with Crippen molar-refractivity contribution in [2.24, 2.45) is 0 Å². The Balaban J connectivity index is 2.02. The van der Waals surface area contributed by atoms with Crippen LogP contribution in [0.2, 0.25) is 0 Å². The molecule has 0 spiro atoms. The van der Waals surface area contributed by atoms with Gasteiger partial charge in [-0.2, -0.15) is 0 Å². The summed E-state index contributed by atoms with van der Waals surface area (Å²) in [5, 5.41) is 9.06. The fourth-order valence-corrected chi connectivity index (χ4v) is 3.59. The van der Waals surface area contributed by atoms with Crippen LogP contribution in [0.15, 0.2) is 36.4 Å². The highest BCUT2D eigenvalue weighted by Crippen LogP contribution is 2.37. The van der Waals surface area contributed by atoms with Crippen LogP contribution in [0.4, 0.5) is 5.69 Å². The van der Waals surface area contributed by atoms with Crippen molar-refractivity contribution in [3.8, 4) is 16.9 Å². The first kappa shape index (κ1) is 17.3. The monoisotopic (exact) mass is 339 g/mol. The van der Waals surface area contributed by atoms with Gasteiger partial charge in [-0.15, -0.1) is 0 Å². The lowest BCUT2D eigenvalue weighted by Crippen LogP contribution is -2.24. The second-order valence-corrected chi connectivity index (χ2v) is 6.83. The van der Waals surface area contributed by atoms with Gasteiger partial charge in [0.05, 0.1) is 13.5 Å². The number of anilines is 1. The van der Waals surface area contributed by atoms with Crippen LogP contribution in [0.25, 0.3) is 11.1 Å². The lowest BCUT2D eigenvalue weighted by molar-refractivity contribution is -0.137. The zero-order valence-electron chi connectivity index (χ0n) is 15.1. The molecule has 4 heteroatoms. The van der Waals surface area contributed by atoms with Gasteiger partial charge in [-0.05, 0) is 59.7 Å². The van der Waals surface area contributed by atoms with Crippen molar-refractivity contribution in [1.29, 1.82) is 0 Å². The molecule has 1 aliphatic rings. The highest BCUT2D eigenvalue weighted by Gasteiger charge is 2.17. The lowest BCUT2D eigenvalue weighted by atomic mass is 9.91. The molecule has 1 heterocycles. The van der Waals surface area contributed by atoms with Crippen molar-refractivity contribution < 1.29 is 14.6 Å². The molecule has 0 aromatic heterocycles. The van der Waals surface area contributed by atoms with Gasteiger partial charge in [-0.3, -0.25) is 4.79 Å². The molecule has 2 aromatic rings. The molecule has 4 nitrogen and oxygen atoms in total. The first-order valence-electron chi connectivity index (χ1n) is 8.73. The van der Waals surface area contributed by atoms with E-state index in [9.17, 15) is 4.79 Å². The Bertz CT molecular complexity index is 785. The van der Waals surface area contributed by atoms with E-state index in [2.05, 4.69) is 36.2 Å². The molecule has 0 radical (unpaired) electrons. The third-order valence-electron chi connectivity index (χ3n) is 5.01. The summed E-state index contributed by atoms with van der Waals surface area (Å²) in [7, 11) is 3.80. The predicted molar refractivity (Wildman–Crippen MR) is 101 cm³/mol. The van der Waals surface area contributed by atoms with Crippen molar-refractivity contribution in [1.82, 2.24) is 0 Å². The molecule has 3 rings (SSSR count). The van der Waals surface area contributed by atoms with Gasteiger partial charge < -0.3 is 14.7 Å². The molecule has 1 unspecified atom stereocenters. The van der Waals surface area contributed by atoms with E-state index in [1.807, 2.05) is 19.1 Å². The predicted octanol–water partition coefficient (Wildman–Crippen LogP) is 4.32. The standard InChI is InChI=1S/C21H25NO3/c1-14(11-21(23)24)15-7-9-20(25-3)18(13-15)16-6-8-19-17(12-16)5-4-10-22(19)2/h6-9,12-14H,4-5,10-11H2,1-3H3,(H,23,24). The summed E-state index contributed by atoms with van der Waals surface area (Å²) in [6, 6.07) is 12.5. The van der Waals surface area contributed by atoms with Crippen LogP contribution in [-0.4, -0.2) is 31.8 Å². The van der Waals surface area contributed by atoms with Crippen molar-refractivity contribution in [2.45, 2.75) is 32.1 Å². The lowest BCUT2D eigenvalue weighted by Gasteiger charge is -2.28. The number of fused-ring (bicyclic) bond motifs is 1. The molecule has 1 aliphatic heterocycles. The van der Waals surface area contributed by atoms with E-state index in [0.717, 1.165) is 35.4 Å². The first-order valence-corrected chi connectivity index (χ1v) is 8.73. The van der Waals surface area contributed by atoms with Crippen LogP contribution in [0.1, 0.15) is 36.8 Å². The summed E-state index contributed by atoms with van der Waals surface area (Å²) < 4.78 is 5.55. The normalized spacial score (nSPS) is 14.8. The SMILES string of the molecule is COc1ccc(C(C)CC(=O)O)cc1-c1ccc2c(c1)CCCN2C. The van der Waals surface area contributed by atoms with E-state index in [-0.39, 0.29) is 12.3 Å². The number of carboxylic acid groups (broad SMARTS) is 1. The number of rotatable bonds is 5. The maximum absolute atomic E-state index is 11.0. The average molecular weight is 339 g/mol. The molecule has 0 amide bonds. The van der Waals surface area contributed by atoms with Gasteiger partial charge in [-0.1, -0.05) is 19.1 Å². The topological polar surface area (TPSA) is 49.8 Å². The van der Waals surface area contributed by atoms with E-state index in [1.165, 1.54) is 17.7 Å². The number of hydrogen-bond acceptors (Lipinski definition) is 3. The molecule has 0 aliphatic carbocycles. The van der Waals surface area contributed by atoms with Crippen LogP contribution < -0.4 is 9.64 Å². The van der Waals surface area contributed by atoms with Crippen LogP contribution >= 0.6 is 0 Å². The minimum Gasteiger partial charge on any atom is -0.496 e. The molecule has 1 N–H and O–H groups in total. The van der Waals surface area contributed by atoms with Gasteiger partial charge in [0, 0.05) is 24.8 Å². The number of aliphatic carboxylic acids is 1. The minimum absolute atomic E-state index is 0.0362. The number of benzene rings is 2. The Hall–Kier alpha value is -2.49. The molecule has 0 bridgehead atoms. The number of hydrogen-bond donors (Lipinski definition) is 1. The molecule has 0 saturated heterocycles. The number of aryl methyl sites for hydroxylation is 1. The number of carboxylic acids is 1. The third kappa shape index (κ3) is 3.63. The Morgan fingerprint density at radius 3 is 2.80 bits per heavy atom. The Morgan fingerprint density at radius 2 is 2.08 bits per heavy atom. The van der Waals surface area contributed by atoms with Crippen molar-refractivity contribution in [3.05, 3.63) is 47.5 Å². The smallest absolute Gasteiger partial charge is 0.303 e. The van der Waals surface area contributed by atoms with E-state index >= 15 is 0 Å². The molecule has 1 atom stereocenters. The largest absolute Gasteiger partial charge is 0.496 e. The fourth-order valence-electron chi connectivity index (χ4n) is 3.59. The van der Waals surface area contributed by atoms with Gasteiger partial charge in [0.1, 0.15) is 5.75 Å². The van der Waals surface area contributed by atoms with Crippen LogP contribution in [0.3, 0.4) is 0 Å². The van der Waals surface area contributed by atoms with E-state index in [1.54, 1.807) is 7.11 Å². The van der Waals surface area contributed by atoms with Crippen LogP contribution in [0.5, 0.6) is 5.75 Å². The maximum atomic E-state index is 11.0. The summed E-state index contributed by atoms with van der Waals surface area (Å²) in [6.07, 6.45) is 2.38. The number of methoxy groups -OCH3 is 1. The highest BCUT2D eigenvalue weighted by molar-refractivity contribution is 5.75. The molecular formula is C21H25NO3. The van der Waals surface area contributed by atoms with Crippen molar-refractivity contribution in [2.75, 3.05) is 25.6 Å². The fraction of sp³-hybridized carbons (Fsp3) is 0.381. The molecule has 0 fully saturated rings. The Morgan fingerprint density at radius 1 is 1.28 bits per heavy atom. The van der Waals surface area contributed by atoms with Gasteiger partial charge >= 0.3 is 5.97 Å². The summed E-state index contributed by atoms with van der Waals surface area (Å²) in [6.45, 7) is 3.04. The zero-order chi connectivity index (χ0) is 18.0. The molecule has 0 saturated carbocycles. The summed E-state index contributed by atoms with van der Waals surface area (Å²) in [5.74, 6) is 0.00277. The third-order valence-corrected chi connectivity index (χ3v) is 5.01. The Labute approximate surface area is 149 Å². The maximum Gasteiger partial charge on any atom is 0.303 e. The summed E-state index contributed by atoms with van der Waals surface area (Å²) >= 11 is 0. The van der Waals surface area contributed by atoms with Gasteiger partial charge in [0.15, 0.2) is 0 Å². The average Bonchev–Trinajstić information content (AvgIpc) is 2.60. The second-order valence-electron chi connectivity index (χ2n) is 6.83.